The van der Waals surface area contributed by atoms with Crippen molar-refractivity contribution >= 4 is 34.3 Å². The molecule has 0 radical (unpaired) electrons. The zero-order chi connectivity index (χ0) is 17.9. The Bertz CT molecular complexity index is 1030. The summed E-state index contributed by atoms with van der Waals surface area (Å²) in [5.41, 5.74) is 2.87. The van der Waals surface area contributed by atoms with Crippen molar-refractivity contribution in [3.8, 4) is 17.0 Å². The first-order valence-corrected chi connectivity index (χ1v) is 8.62. The fourth-order valence-electron chi connectivity index (χ4n) is 2.49. The van der Waals surface area contributed by atoms with Crippen molar-refractivity contribution in [3.05, 3.63) is 89.9 Å². The van der Waals surface area contributed by atoms with Gasteiger partial charge in [0, 0.05) is 28.7 Å². The van der Waals surface area contributed by atoms with Crippen LogP contribution in [0.4, 0.5) is 0 Å². The van der Waals surface area contributed by atoms with Gasteiger partial charge in [-0.1, -0.05) is 35.3 Å². The second kappa shape index (κ2) is 7.20. The van der Waals surface area contributed by atoms with Crippen LogP contribution in [-0.4, -0.2) is 14.5 Å². The molecule has 26 heavy (non-hydrogen) atoms. The first-order chi connectivity index (χ1) is 12.7. The maximum absolute atomic E-state index is 6.37. The van der Waals surface area contributed by atoms with Crippen LogP contribution in [0.25, 0.3) is 28.1 Å². The van der Waals surface area contributed by atoms with E-state index in [4.69, 9.17) is 27.6 Å². The van der Waals surface area contributed by atoms with Gasteiger partial charge in [-0.15, -0.1) is 0 Å². The fourth-order valence-corrected chi connectivity index (χ4v) is 2.83. The molecule has 0 aliphatic heterocycles. The average Bonchev–Trinajstić information content (AvgIpc) is 3.35. The molecule has 4 nitrogen and oxygen atoms in total. The van der Waals surface area contributed by atoms with E-state index in [9.17, 15) is 0 Å². The van der Waals surface area contributed by atoms with E-state index in [1.165, 1.54) is 0 Å². The van der Waals surface area contributed by atoms with Crippen molar-refractivity contribution in [3.63, 3.8) is 0 Å². The minimum absolute atomic E-state index is 0.371. The molecule has 0 atom stereocenters. The predicted molar refractivity (Wildman–Crippen MR) is 104 cm³/mol. The molecule has 0 unspecified atom stereocenters. The Hall–Kier alpha value is -2.82. The van der Waals surface area contributed by atoms with Gasteiger partial charge in [0.2, 0.25) is 5.89 Å². The van der Waals surface area contributed by atoms with E-state index < -0.39 is 0 Å². The number of hydrogen-bond acceptors (Lipinski definition) is 3. The Morgan fingerprint density at radius 1 is 1.04 bits per heavy atom. The molecule has 6 heteroatoms. The number of aromatic nitrogens is 3. The van der Waals surface area contributed by atoms with Gasteiger partial charge >= 0.3 is 0 Å². The van der Waals surface area contributed by atoms with Gasteiger partial charge < -0.3 is 8.98 Å². The molecule has 0 amide bonds. The molecule has 2 aromatic carbocycles. The number of imidazole rings is 1. The van der Waals surface area contributed by atoms with Gasteiger partial charge in [0.15, 0.2) is 5.76 Å². The van der Waals surface area contributed by atoms with Crippen LogP contribution >= 0.6 is 23.2 Å². The highest BCUT2D eigenvalue weighted by Crippen LogP contribution is 2.28. The van der Waals surface area contributed by atoms with Gasteiger partial charge in [0.25, 0.3) is 0 Å². The molecule has 0 N–H and O–H groups in total. The average molecular weight is 382 g/mol. The minimum atomic E-state index is 0.371. The summed E-state index contributed by atoms with van der Waals surface area (Å²) in [6, 6.07) is 15.3. The maximum atomic E-state index is 6.37. The Labute approximate surface area is 160 Å². The Morgan fingerprint density at radius 3 is 2.50 bits per heavy atom. The van der Waals surface area contributed by atoms with E-state index in [-0.39, 0.29) is 0 Å². The lowest BCUT2D eigenvalue weighted by Crippen LogP contribution is -1.89. The van der Waals surface area contributed by atoms with Crippen molar-refractivity contribution in [2.24, 2.45) is 0 Å². The van der Waals surface area contributed by atoms with Crippen LogP contribution in [0.5, 0.6) is 0 Å². The highest BCUT2D eigenvalue weighted by atomic mass is 35.5. The third kappa shape index (κ3) is 3.57. The molecule has 0 aliphatic carbocycles. The van der Waals surface area contributed by atoms with Crippen LogP contribution in [0, 0.1) is 0 Å². The van der Waals surface area contributed by atoms with Crippen molar-refractivity contribution in [1.82, 2.24) is 14.5 Å². The molecule has 128 valence electrons. The molecule has 0 fully saturated rings. The summed E-state index contributed by atoms with van der Waals surface area (Å²) >= 11 is 12.3. The lowest BCUT2D eigenvalue weighted by atomic mass is 10.2. The highest BCUT2D eigenvalue weighted by molar-refractivity contribution is 6.50. The number of benzene rings is 2. The van der Waals surface area contributed by atoms with Crippen LogP contribution in [-0.2, 0) is 0 Å². The van der Waals surface area contributed by atoms with Crippen molar-refractivity contribution in [2.75, 3.05) is 0 Å². The summed E-state index contributed by atoms with van der Waals surface area (Å²) in [6.07, 6.45) is 8.85. The van der Waals surface area contributed by atoms with Crippen molar-refractivity contribution in [1.29, 1.82) is 0 Å². The smallest absolute Gasteiger partial charge is 0.238 e. The van der Waals surface area contributed by atoms with E-state index in [1.54, 1.807) is 30.9 Å². The van der Waals surface area contributed by atoms with E-state index in [2.05, 4.69) is 9.97 Å². The topological polar surface area (TPSA) is 43.9 Å². The van der Waals surface area contributed by atoms with E-state index in [0.29, 0.717) is 21.7 Å². The molecule has 2 aromatic heterocycles. The zero-order valence-electron chi connectivity index (χ0n) is 13.5. The highest BCUT2D eigenvalue weighted by Gasteiger charge is 2.09. The standard InChI is InChI=1S/C20H13Cl2N3O/c21-16-5-3-15(4-6-16)19-12-24-20(26-19)18(22)11-14-1-7-17(8-2-14)25-10-9-23-13-25/h1-13H/b18-11+. The van der Waals surface area contributed by atoms with Crippen LogP contribution in [0.3, 0.4) is 0 Å². The molecule has 2 heterocycles. The summed E-state index contributed by atoms with van der Waals surface area (Å²) in [7, 11) is 0. The summed E-state index contributed by atoms with van der Waals surface area (Å²) in [5, 5.41) is 1.10. The molecule has 0 saturated heterocycles. The van der Waals surface area contributed by atoms with Crippen LogP contribution in [0.1, 0.15) is 11.5 Å². The third-order valence-electron chi connectivity index (χ3n) is 3.83. The SMILES string of the molecule is Cl/C(=C/c1ccc(-n2ccnc2)cc1)c1ncc(-c2ccc(Cl)cc2)o1. The van der Waals surface area contributed by atoms with Gasteiger partial charge in [-0.2, -0.15) is 0 Å². The summed E-state index contributed by atoms with van der Waals surface area (Å²) in [6.45, 7) is 0. The van der Waals surface area contributed by atoms with Gasteiger partial charge in [0.1, 0.15) is 5.03 Å². The minimum Gasteiger partial charge on any atom is -0.435 e. The monoisotopic (exact) mass is 381 g/mol. The molecule has 0 bridgehead atoms. The Kier molecular flexibility index (Phi) is 4.61. The van der Waals surface area contributed by atoms with E-state index in [0.717, 1.165) is 16.8 Å². The molecule has 4 rings (SSSR count). The van der Waals surface area contributed by atoms with Crippen LogP contribution in [0.15, 0.2) is 77.9 Å². The summed E-state index contributed by atoms with van der Waals surface area (Å²) < 4.78 is 7.69. The number of oxazole rings is 1. The number of nitrogens with zero attached hydrogens (tertiary/aromatic N) is 3. The molecular formula is C20H13Cl2N3O. The van der Waals surface area contributed by atoms with Crippen LogP contribution < -0.4 is 0 Å². The first-order valence-electron chi connectivity index (χ1n) is 7.87. The zero-order valence-corrected chi connectivity index (χ0v) is 15.0. The van der Waals surface area contributed by atoms with Gasteiger partial charge in [0.05, 0.1) is 12.5 Å². The number of hydrogen-bond donors (Lipinski definition) is 0. The number of rotatable bonds is 4. The van der Waals surface area contributed by atoms with Gasteiger partial charge in [-0.3, -0.25) is 0 Å². The predicted octanol–water partition coefficient (Wildman–Crippen LogP) is 5.92. The molecule has 0 spiro atoms. The van der Waals surface area contributed by atoms with Gasteiger partial charge in [-0.05, 0) is 48.0 Å². The third-order valence-corrected chi connectivity index (χ3v) is 4.35. The van der Waals surface area contributed by atoms with Gasteiger partial charge in [-0.25, -0.2) is 9.97 Å². The second-order valence-corrected chi connectivity index (χ2v) is 6.43. The van der Waals surface area contributed by atoms with Crippen LogP contribution in [0.2, 0.25) is 5.02 Å². The summed E-state index contributed by atoms with van der Waals surface area (Å²) in [4.78, 5) is 8.30. The molecule has 0 aliphatic rings. The van der Waals surface area contributed by atoms with Crippen molar-refractivity contribution < 1.29 is 4.42 Å². The Morgan fingerprint density at radius 2 is 1.81 bits per heavy atom. The lowest BCUT2D eigenvalue weighted by Gasteiger charge is -2.02. The molecule has 4 aromatic rings. The first kappa shape index (κ1) is 16.6. The van der Waals surface area contributed by atoms with E-state index in [1.807, 2.05) is 53.2 Å². The second-order valence-electron chi connectivity index (χ2n) is 5.59. The molecule has 0 saturated carbocycles. The lowest BCUT2D eigenvalue weighted by molar-refractivity contribution is 0.559. The summed E-state index contributed by atoms with van der Waals surface area (Å²) in [5.74, 6) is 1.01. The fraction of sp³-hybridized carbons (Fsp3) is 0. The number of halogens is 2. The van der Waals surface area contributed by atoms with Crippen molar-refractivity contribution in [2.45, 2.75) is 0 Å². The Balaban J connectivity index is 1.55. The normalized spacial score (nSPS) is 11.7. The van der Waals surface area contributed by atoms with E-state index >= 15 is 0 Å². The maximum Gasteiger partial charge on any atom is 0.238 e. The molecular weight excluding hydrogens is 369 g/mol. The largest absolute Gasteiger partial charge is 0.435 e. The quantitative estimate of drug-likeness (QED) is 0.440.